The second kappa shape index (κ2) is 8.87. The Balaban J connectivity index is 1.20. The standard InChI is InChI=1S/C26H23ClF2N6O3/c1-33-13-17-7-16(11-30-22(17)32-33)15-2-3-18(20(27)8-15)19-9-26(19)4-5-34(24(26)38)21(23(36)37)6-14-10-31-35(12-14)25(28)29/h2-3,7-8,10-13,19,21,25H,4-6,9H2,1H3,(H,36,37)/t19-,21-,26+/m1/s1. The molecular weight excluding hydrogens is 518 g/mol. The third-order valence-corrected chi connectivity index (χ3v) is 8.02. The van der Waals surface area contributed by atoms with Gasteiger partial charge in [0.25, 0.3) is 0 Å². The number of benzene rings is 1. The van der Waals surface area contributed by atoms with Crippen molar-refractivity contribution in [2.45, 2.75) is 37.8 Å². The van der Waals surface area contributed by atoms with Gasteiger partial charge < -0.3 is 10.0 Å². The Hall–Kier alpha value is -3.86. The Morgan fingerprint density at radius 1 is 1.24 bits per heavy atom. The van der Waals surface area contributed by atoms with Gasteiger partial charge in [0.05, 0.1) is 11.6 Å². The molecule has 0 radical (unpaired) electrons. The van der Waals surface area contributed by atoms with Crippen LogP contribution in [0, 0.1) is 5.41 Å². The van der Waals surface area contributed by atoms with E-state index in [9.17, 15) is 23.5 Å². The Labute approximate surface area is 220 Å². The van der Waals surface area contributed by atoms with Crippen LogP contribution < -0.4 is 0 Å². The number of alkyl halides is 2. The highest BCUT2D eigenvalue weighted by Crippen LogP contribution is 2.66. The number of carbonyl (C=O) groups is 2. The third kappa shape index (κ3) is 4.01. The summed E-state index contributed by atoms with van der Waals surface area (Å²) in [4.78, 5) is 31.3. The fourth-order valence-electron chi connectivity index (χ4n) is 5.66. The first kappa shape index (κ1) is 24.5. The minimum absolute atomic E-state index is 0.0979. The van der Waals surface area contributed by atoms with Crippen molar-refractivity contribution in [2.24, 2.45) is 12.5 Å². The van der Waals surface area contributed by atoms with Crippen LogP contribution in [0.25, 0.3) is 22.2 Å². The number of carboxylic acid groups (broad SMARTS) is 1. The summed E-state index contributed by atoms with van der Waals surface area (Å²) in [6, 6.07) is 6.57. The summed E-state index contributed by atoms with van der Waals surface area (Å²) in [5.74, 6) is -1.53. The van der Waals surface area contributed by atoms with E-state index < -0.39 is 24.0 Å². The van der Waals surface area contributed by atoms with Gasteiger partial charge >= 0.3 is 12.5 Å². The van der Waals surface area contributed by atoms with Crippen LogP contribution in [-0.4, -0.2) is 59.0 Å². The van der Waals surface area contributed by atoms with Crippen LogP contribution in [-0.2, 0) is 23.1 Å². The number of pyridine rings is 1. The van der Waals surface area contributed by atoms with Gasteiger partial charge in [-0.25, -0.2) is 14.5 Å². The van der Waals surface area contributed by atoms with Crippen LogP contribution in [0.2, 0.25) is 5.02 Å². The SMILES string of the molecule is Cn1cc2cc(-c3ccc([C@H]4C[C@@]45CCN([C@H](Cc4cnn(C(F)F)c4)C(=O)O)C5=O)c(Cl)c3)cnc2n1. The number of rotatable bonds is 7. The van der Waals surface area contributed by atoms with E-state index in [0.29, 0.717) is 33.8 Å². The molecule has 1 saturated carbocycles. The lowest BCUT2D eigenvalue weighted by Gasteiger charge is -2.24. The molecule has 38 heavy (non-hydrogen) atoms. The first-order valence-corrected chi connectivity index (χ1v) is 12.5. The highest BCUT2D eigenvalue weighted by atomic mass is 35.5. The molecule has 6 rings (SSSR count). The monoisotopic (exact) mass is 540 g/mol. The minimum Gasteiger partial charge on any atom is -0.480 e. The summed E-state index contributed by atoms with van der Waals surface area (Å²) in [6.07, 6.45) is 6.95. The molecule has 1 N–H and O–H groups in total. The summed E-state index contributed by atoms with van der Waals surface area (Å²) >= 11 is 6.70. The molecule has 2 aliphatic rings. The van der Waals surface area contributed by atoms with Crippen molar-refractivity contribution in [3.63, 3.8) is 0 Å². The molecule has 1 spiro atoms. The summed E-state index contributed by atoms with van der Waals surface area (Å²) < 4.78 is 27.9. The number of amides is 1. The molecule has 12 heteroatoms. The zero-order chi connectivity index (χ0) is 26.8. The molecule has 1 aliphatic carbocycles. The molecule has 1 aliphatic heterocycles. The predicted molar refractivity (Wildman–Crippen MR) is 134 cm³/mol. The van der Waals surface area contributed by atoms with Gasteiger partial charge in [0.15, 0.2) is 5.65 Å². The lowest BCUT2D eigenvalue weighted by atomic mass is 9.95. The van der Waals surface area contributed by atoms with Crippen molar-refractivity contribution in [1.29, 1.82) is 0 Å². The lowest BCUT2D eigenvalue weighted by Crippen LogP contribution is -2.44. The molecule has 0 unspecified atom stereocenters. The second-order valence-corrected chi connectivity index (χ2v) is 10.4. The summed E-state index contributed by atoms with van der Waals surface area (Å²) in [5, 5.41) is 19.2. The summed E-state index contributed by atoms with van der Waals surface area (Å²) in [7, 11) is 1.84. The van der Waals surface area contributed by atoms with Gasteiger partial charge in [-0.1, -0.05) is 23.7 Å². The maximum absolute atomic E-state index is 13.5. The van der Waals surface area contributed by atoms with Gasteiger partial charge in [0, 0.05) is 60.5 Å². The molecule has 1 saturated heterocycles. The van der Waals surface area contributed by atoms with Gasteiger partial charge in [-0.3, -0.25) is 9.48 Å². The van der Waals surface area contributed by atoms with E-state index in [1.165, 1.54) is 11.1 Å². The van der Waals surface area contributed by atoms with E-state index in [4.69, 9.17) is 11.6 Å². The molecule has 4 heterocycles. The molecule has 3 atom stereocenters. The number of likely N-dealkylation sites (tertiary alicyclic amines) is 1. The molecule has 4 aromatic rings. The Morgan fingerprint density at radius 2 is 2.05 bits per heavy atom. The third-order valence-electron chi connectivity index (χ3n) is 7.69. The van der Waals surface area contributed by atoms with Gasteiger partial charge in [-0.2, -0.15) is 19.0 Å². The van der Waals surface area contributed by atoms with E-state index >= 15 is 0 Å². The summed E-state index contributed by atoms with van der Waals surface area (Å²) in [6.45, 7) is -2.54. The van der Waals surface area contributed by atoms with Crippen molar-refractivity contribution >= 4 is 34.5 Å². The van der Waals surface area contributed by atoms with E-state index in [1.807, 2.05) is 37.5 Å². The van der Waals surface area contributed by atoms with Crippen molar-refractivity contribution in [1.82, 2.24) is 29.4 Å². The van der Waals surface area contributed by atoms with E-state index in [-0.39, 0.29) is 24.8 Å². The van der Waals surface area contributed by atoms with Crippen LogP contribution >= 0.6 is 11.6 Å². The Kier molecular flexibility index (Phi) is 5.71. The minimum atomic E-state index is -2.82. The number of fused-ring (bicyclic) bond motifs is 1. The number of nitrogens with zero attached hydrogens (tertiary/aromatic N) is 6. The van der Waals surface area contributed by atoms with Gasteiger partial charge in [-0.05, 0) is 41.7 Å². The molecule has 3 aromatic heterocycles. The number of carbonyl (C=O) groups excluding carboxylic acids is 1. The quantitative estimate of drug-likeness (QED) is 0.375. The fraction of sp³-hybridized carbons (Fsp3) is 0.346. The molecule has 1 aromatic carbocycles. The Morgan fingerprint density at radius 3 is 2.76 bits per heavy atom. The van der Waals surface area contributed by atoms with Crippen molar-refractivity contribution in [3.8, 4) is 11.1 Å². The topological polar surface area (TPSA) is 106 Å². The average molecular weight is 541 g/mol. The molecule has 2 fully saturated rings. The van der Waals surface area contributed by atoms with E-state index in [1.54, 1.807) is 10.9 Å². The smallest absolute Gasteiger partial charge is 0.333 e. The zero-order valence-electron chi connectivity index (χ0n) is 20.3. The van der Waals surface area contributed by atoms with Gasteiger partial charge in [-0.15, -0.1) is 0 Å². The number of aliphatic carboxylic acids is 1. The average Bonchev–Trinajstić information content (AvgIpc) is 3.13. The van der Waals surface area contributed by atoms with Crippen LogP contribution in [0.15, 0.2) is 49.1 Å². The van der Waals surface area contributed by atoms with E-state index in [0.717, 1.165) is 28.3 Å². The number of hydrogen-bond acceptors (Lipinski definition) is 5. The van der Waals surface area contributed by atoms with Crippen LogP contribution in [0.5, 0.6) is 0 Å². The summed E-state index contributed by atoms with van der Waals surface area (Å²) in [5.41, 5.74) is 2.93. The van der Waals surface area contributed by atoms with Gasteiger partial charge in [0.2, 0.25) is 5.91 Å². The number of halogens is 3. The second-order valence-electron chi connectivity index (χ2n) is 10.0. The first-order valence-electron chi connectivity index (χ1n) is 12.1. The van der Waals surface area contributed by atoms with Gasteiger partial charge in [0.1, 0.15) is 6.04 Å². The molecule has 1 amide bonds. The highest BCUT2D eigenvalue weighted by Gasteiger charge is 2.65. The van der Waals surface area contributed by atoms with E-state index in [2.05, 4.69) is 15.2 Å². The maximum atomic E-state index is 13.5. The number of aryl methyl sites for hydroxylation is 1. The van der Waals surface area contributed by atoms with Crippen LogP contribution in [0.4, 0.5) is 8.78 Å². The fourth-order valence-corrected chi connectivity index (χ4v) is 5.97. The van der Waals surface area contributed by atoms with Crippen LogP contribution in [0.1, 0.15) is 36.4 Å². The molecular formula is C26H23ClF2N6O3. The number of aromatic nitrogens is 5. The normalized spacial score (nSPS) is 21.7. The number of carboxylic acids is 1. The zero-order valence-corrected chi connectivity index (χ0v) is 21.0. The van der Waals surface area contributed by atoms with Crippen molar-refractivity contribution in [2.75, 3.05) is 6.54 Å². The number of hydrogen-bond donors (Lipinski definition) is 1. The largest absolute Gasteiger partial charge is 0.480 e. The van der Waals surface area contributed by atoms with Crippen LogP contribution in [0.3, 0.4) is 0 Å². The Bertz CT molecular complexity index is 1590. The van der Waals surface area contributed by atoms with Crippen molar-refractivity contribution < 1.29 is 23.5 Å². The van der Waals surface area contributed by atoms with Crippen molar-refractivity contribution in [3.05, 3.63) is 65.2 Å². The molecule has 9 nitrogen and oxygen atoms in total. The molecule has 196 valence electrons. The first-order chi connectivity index (χ1) is 18.2. The predicted octanol–water partition coefficient (Wildman–Crippen LogP) is 4.28. The molecule has 0 bridgehead atoms. The highest BCUT2D eigenvalue weighted by molar-refractivity contribution is 6.31. The lowest BCUT2D eigenvalue weighted by molar-refractivity contribution is -0.149. The maximum Gasteiger partial charge on any atom is 0.333 e.